The van der Waals surface area contributed by atoms with Gasteiger partial charge in [-0.2, -0.15) is 15.0 Å². The summed E-state index contributed by atoms with van der Waals surface area (Å²) >= 11 is 5.76. The normalized spacial score (nSPS) is 12.7. The molecule has 106 valence electrons. The van der Waals surface area contributed by atoms with Crippen LogP contribution in [-0.2, 0) is 4.79 Å². The van der Waals surface area contributed by atoms with Crippen molar-refractivity contribution in [2.45, 2.75) is 39.3 Å². The Balaban J connectivity index is 2.74. The number of nitrogens with one attached hydrogen (secondary N) is 3. The van der Waals surface area contributed by atoms with E-state index in [4.69, 9.17) is 11.6 Å². The van der Waals surface area contributed by atoms with Crippen molar-refractivity contribution in [3.05, 3.63) is 5.28 Å². The summed E-state index contributed by atoms with van der Waals surface area (Å²) in [5.41, 5.74) is -0.292. The first-order valence-corrected chi connectivity index (χ1v) is 6.27. The summed E-state index contributed by atoms with van der Waals surface area (Å²) in [5.74, 6) is 0.446. The molecule has 1 aromatic rings. The Labute approximate surface area is 117 Å². The Hall–Kier alpha value is -1.63. The molecule has 0 saturated carbocycles. The minimum atomic E-state index is -0.484. The summed E-state index contributed by atoms with van der Waals surface area (Å²) in [6, 6.07) is -0.484. The third-order valence-electron chi connectivity index (χ3n) is 2.07. The zero-order chi connectivity index (χ0) is 14.6. The van der Waals surface area contributed by atoms with Crippen LogP contribution in [0.15, 0.2) is 0 Å². The Bertz CT molecular complexity index is 459. The lowest BCUT2D eigenvalue weighted by Crippen LogP contribution is -2.47. The van der Waals surface area contributed by atoms with E-state index in [1.165, 1.54) is 0 Å². The minimum absolute atomic E-state index is 0.0604. The van der Waals surface area contributed by atoms with E-state index < -0.39 is 6.04 Å². The van der Waals surface area contributed by atoms with Crippen molar-refractivity contribution in [3.63, 3.8) is 0 Å². The van der Waals surface area contributed by atoms with Crippen molar-refractivity contribution < 1.29 is 4.79 Å². The predicted molar refractivity (Wildman–Crippen MR) is 75.4 cm³/mol. The summed E-state index contributed by atoms with van der Waals surface area (Å²) in [5, 5.41) is 8.56. The number of hydrogen-bond acceptors (Lipinski definition) is 6. The molecular formula is C11H19ClN6O. The number of carbonyl (C=O) groups excluding carboxylic acids is 1. The molecule has 1 unspecified atom stereocenters. The topological polar surface area (TPSA) is 91.8 Å². The molecule has 0 bridgehead atoms. The van der Waals surface area contributed by atoms with Crippen LogP contribution >= 0.6 is 11.6 Å². The summed E-state index contributed by atoms with van der Waals surface area (Å²) < 4.78 is 0. The summed E-state index contributed by atoms with van der Waals surface area (Å²) in [4.78, 5) is 23.7. The molecule has 1 amide bonds. The van der Waals surface area contributed by atoms with Gasteiger partial charge in [0.15, 0.2) is 0 Å². The molecule has 1 rings (SSSR count). The molecule has 0 aliphatic heterocycles. The summed E-state index contributed by atoms with van der Waals surface area (Å²) in [6.45, 7) is 7.46. The van der Waals surface area contributed by atoms with Crippen LogP contribution in [0.1, 0.15) is 27.7 Å². The minimum Gasteiger partial charge on any atom is -0.357 e. The van der Waals surface area contributed by atoms with Gasteiger partial charge < -0.3 is 16.0 Å². The lowest BCUT2D eigenvalue weighted by Gasteiger charge is -2.23. The van der Waals surface area contributed by atoms with Gasteiger partial charge in [-0.3, -0.25) is 4.79 Å². The molecule has 1 aromatic heterocycles. The zero-order valence-corrected chi connectivity index (χ0v) is 12.5. The van der Waals surface area contributed by atoms with Gasteiger partial charge in [-0.15, -0.1) is 0 Å². The van der Waals surface area contributed by atoms with Crippen molar-refractivity contribution in [1.29, 1.82) is 0 Å². The van der Waals surface area contributed by atoms with E-state index in [-0.39, 0.29) is 22.7 Å². The number of rotatable bonds is 4. The number of halogens is 1. The van der Waals surface area contributed by atoms with E-state index in [9.17, 15) is 4.79 Å². The van der Waals surface area contributed by atoms with E-state index in [1.54, 1.807) is 14.0 Å². The highest BCUT2D eigenvalue weighted by Gasteiger charge is 2.20. The van der Waals surface area contributed by atoms with E-state index in [1.807, 2.05) is 20.8 Å². The second-order valence-corrected chi connectivity index (χ2v) is 5.44. The summed E-state index contributed by atoms with van der Waals surface area (Å²) in [7, 11) is 1.67. The molecule has 0 aliphatic rings. The molecular weight excluding hydrogens is 268 g/mol. The van der Waals surface area contributed by atoms with Crippen LogP contribution < -0.4 is 16.0 Å². The fourth-order valence-electron chi connectivity index (χ4n) is 1.26. The van der Waals surface area contributed by atoms with Gasteiger partial charge in [-0.1, -0.05) is 0 Å². The Morgan fingerprint density at radius 2 is 1.79 bits per heavy atom. The van der Waals surface area contributed by atoms with Crippen molar-refractivity contribution in [1.82, 2.24) is 20.3 Å². The molecule has 1 atom stereocenters. The maximum Gasteiger partial charge on any atom is 0.242 e. The average Bonchev–Trinajstić information content (AvgIpc) is 2.25. The second kappa shape index (κ2) is 6.01. The van der Waals surface area contributed by atoms with Gasteiger partial charge in [0, 0.05) is 12.6 Å². The fraction of sp³-hybridized carbons (Fsp3) is 0.636. The highest BCUT2D eigenvalue weighted by atomic mass is 35.5. The average molecular weight is 287 g/mol. The van der Waals surface area contributed by atoms with Gasteiger partial charge in [0.05, 0.1) is 0 Å². The van der Waals surface area contributed by atoms with E-state index in [0.29, 0.717) is 5.95 Å². The summed E-state index contributed by atoms with van der Waals surface area (Å²) in [6.07, 6.45) is 0. The van der Waals surface area contributed by atoms with Crippen LogP contribution in [0.4, 0.5) is 11.9 Å². The fourth-order valence-corrected chi connectivity index (χ4v) is 1.42. The van der Waals surface area contributed by atoms with Gasteiger partial charge in [-0.05, 0) is 39.3 Å². The maximum atomic E-state index is 11.9. The van der Waals surface area contributed by atoms with Gasteiger partial charge in [-0.25, -0.2) is 0 Å². The highest BCUT2D eigenvalue weighted by molar-refractivity contribution is 6.28. The second-order valence-electron chi connectivity index (χ2n) is 5.11. The molecule has 19 heavy (non-hydrogen) atoms. The lowest BCUT2D eigenvalue weighted by atomic mass is 10.1. The highest BCUT2D eigenvalue weighted by Crippen LogP contribution is 2.10. The molecule has 0 saturated heterocycles. The molecule has 8 heteroatoms. The van der Waals surface area contributed by atoms with Gasteiger partial charge in [0.2, 0.25) is 23.1 Å². The van der Waals surface area contributed by atoms with Crippen molar-refractivity contribution in [2.24, 2.45) is 0 Å². The number of anilines is 2. The van der Waals surface area contributed by atoms with Crippen molar-refractivity contribution >= 4 is 29.4 Å². The largest absolute Gasteiger partial charge is 0.357 e. The smallest absolute Gasteiger partial charge is 0.242 e. The Morgan fingerprint density at radius 3 is 2.32 bits per heavy atom. The standard InChI is InChI=1S/C11H19ClN6O/c1-6(7(19)18-11(2,3)4)14-10-16-8(12)15-9(13-5)17-10/h6H,1-5H3,(H,18,19)(H2,13,14,15,16,17). The monoisotopic (exact) mass is 286 g/mol. The van der Waals surface area contributed by atoms with Crippen LogP contribution in [-0.4, -0.2) is 39.5 Å². The van der Waals surface area contributed by atoms with Gasteiger partial charge >= 0.3 is 0 Å². The first kappa shape index (κ1) is 15.4. The van der Waals surface area contributed by atoms with Crippen molar-refractivity contribution in [2.75, 3.05) is 17.7 Å². The number of carbonyl (C=O) groups is 1. The van der Waals surface area contributed by atoms with E-state index >= 15 is 0 Å². The number of nitrogens with zero attached hydrogens (tertiary/aromatic N) is 3. The quantitative estimate of drug-likeness (QED) is 0.772. The van der Waals surface area contributed by atoms with Gasteiger partial charge in [0.25, 0.3) is 0 Å². The Morgan fingerprint density at radius 1 is 1.21 bits per heavy atom. The molecule has 1 heterocycles. The van der Waals surface area contributed by atoms with Crippen LogP contribution in [0.5, 0.6) is 0 Å². The SMILES string of the molecule is CNc1nc(Cl)nc(NC(C)C(=O)NC(C)(C)C)n1. The number of hydrogen-bond donors (Lipinski definition) is 3. The third kappa shape index (κ3) is 5.25. The number of amides is 1. The van der Waals surface area contributed by atoms with Crippen LogP contribution in [0.2, 0.25) is 5.28 Å². The lowest BCUT2D eigenvalue weighted by molar-refractivity contribution is -0.122. The third-order valence-corrected chi connectivity index (χ3v) is 2.24. The first-order valence-electron chi connectivity index (χ1n) is 5.89. The predicted octanol–water partition coefficient (Wildman–Crippen LogP) is 1.28. The molecule has 3 N–H and O–H groups in total. The van der Waals surface area contributed by atoms with Crippen molar-refractivity contribution in [3.8, 4) is 0 Å². The molecule has 0 aliphatic carbocycles. The molecule has 0 radical (unpaired) electrons. The van der Waals surface area contributed by atoms with Crippen LogP contribution in [0, 0.1) is 0 Å². The molecule has 7 nitrogen and oxygen atoms in total. The molecule has 0 fully saturated rings. The van der Waals surface area contributed by atoms with Crippen LogP contribution in [0.3, 0.4) is 0 Å². The number of aromatic nitrogens is 3. The maximum absolute atomic E-state index is 11.9. The molecule has 0 aromatic carbocycles. The first-order chi connectivity index (χ1) is 8.71. The van der Waals surface area contributed by atoms with Gasteiger partial charge in [0.1, 0.15) is 6.04 Å². The van der Waals surface area contributed by atoms with E-state index in [2.05, 4.69) is 30.9 Å². The molecule has 0 spiro atoms. The Kier molecular flexibility index (Phi) is 4.88. The van der Waals surface area contributed by atoms with E-state index in [0.717, 1.165) is 0 Å². The van der Waals surface area contributed by atoms with Crippen LogP contribution in [0.25, 0.3) is 0 Å². The zero-order valence-electron chi connectivity index (χ0n) is 11.7.